The van der Waals surface area contributed by atoms with Crippen molar-refractivity contribution < 1.29 is 9.53 Å². The van der Waals surface area contributed by atoms with E-state index in [2.05, 4.69) is 5.32 Å². The minimum absolute atomic E-state index is 0. The molecule has 2 rings (SSSR count). The molecule has 1 heterocycles. The SMILES string of the molecule is COC(=O)[C@H]1CCN[C@@H]1c1ccccc1.Cl. The highest BCUT2D eigenvalue weighted by Crippen LogP contribution is 2.30. The number of carbonyl (C=O) groups excluding carboxylic acids is 1. The third-order valence-electron chi connectivity index (χ3n) is 2.88. The minimum Gasteiger partial charge on any atom is -0.469 e. The second-order valence-electron chi connectivity index (χ2n) is 3.76. The second kappa shape index (κ2) is 5.87. The zero-order chi connectivity index (χ0) is 10.7. The summed E-state index contributed by atoms with van der Waals surface area (Å²) in [5.74, 6) is -0.161. The number of esters is 1. The Kier molecular flexibility index (Phi) is 4.77. The smallest absolute Gasteiger partial charge is 0.310 e. The van der Waals surface area contributed by atoms with Gasteiger partial charge in [0.2, 0.25) is 0 Å². The van der Waals surface area contributed by atoms with Crippen molar-refractivity contribution in [2.75, 3.05) is 13.7 Å². The molecule has 1 fully saturated rings. The average Bonchev–Trinajstić information content (AvgIpc) is 2.78. The van der Waals surface area contributed by atoms with Crippen LogP contribution in [0, 0.1) is 5.92 Å². The van der Waals surface area contributed by atoms with E-state index in [-0.39, 0.29) is 30.3 Å². The summed E-state index contributed by atoms with van der Waals surface area (Å²) < 4.78 is 4.81. The Balaban J connectivity index is 0.00000128. The van der Waals surface area contributed by atoms with Crippen molar-refractivity contribution >= 4 is 18.4 Å². The summed E-state index contributed by atoms with van der Waals surface area (Å²) in [5, 5.41) is 3.34. The lowest BCUT2D eigenvalue weighted by atomic mass is 9.94. The lowest BCUT2D eigenvalue weighted by Crippen LogP contribution is -2.24. The Hall–Kier alpha value is -1.06. The Bertz CT molecular complexity index is 342. The molecule has 0 bridgehead atoms. The summed E-state index contributed by atoms with van der Waals surface area (Å²) in [6.07, 6.45) is 0.853. The standard InChI is InChI=1S/C12H15NO2.ClH/c1-15-12(14)10-7-8-13-11(10)9-5-3-2-4-6-9;/h2-6,10-11,13H,7-8H2,1H3;1H/t10-,11+;/m0./s1. The first-order chi connectivity index (χ1) is 7.33. The van der Waals surface area contributed by atoms with Crippen LogP contribution >= 0.6 is 12.4 Å². The van der Waals surface area contributed by atoms with Crippen LogP contribution in [0.1, 0.15) is 18.0 Å². The molecule has 0 saturated carbocycles. The summed E-state index contributed by atoms with van der Waals surface area (Å²) in [6.45, 7) is 0.874. The Morgan fingerprint density at radius 3 is 2.69 bits per heavy atom. The van der Waals surface area contributed by atoms with Crippen molar-refractivity contribution in [1.29, 1.82) is 0 Å². The number of halogens is 1. The van der Waals surface area contributed by atoms with Crippen molar-refractivity contribution in [3.05, 3.63) is 35.9 Å². The maximum absolute atomic E-state index is 11.5. The molecule has 0 amide bonds. The van der Waals surface area contributed by atoms with Crippen LogP contribution in [0.2, 0.25) is 0 Å². The van der Waals surface area contributed by atoms with E-state index in [9.17, 15) is 4.79 Å². The monoisotopic (exact) mass is 241 g/mol. The van der Waals surface area contributed by atoms with Crippen LogP contribution in [0.4, 0.5) is 0 Å². The number of carbonyl (C=O) groups is 1. The van der Waals surface area contributed by atoms with Crippen molar-refractivity contribution in [3.8, 4) is 0 Å². The summed E-state index contributed by atoms with van der Waals surface area (Å²) in [4.78, 5) is 11.5. The number of methoxy groups -OCH3 is 1. The van der Waals surface area contributed by atoms with E-state index >= 15 is 0 Å². The van der Waals surface area contributed by atoms with Crippen LogP contribution in [0.25, 0.3) is 0 Å². The predicted octanol–water partition coefficient (Wildman–Crippen LogP) is 1.93. The van der Waals surface area contributed by atoms with Gasteiger partial charge >= 0.3 is 5.97 Å². The van der Waals surface area contributed by atoms with Crippen LogP contribution in [-0.4, -0.2) is 19.6 Å². The van der Waals surface area contributed by atoms with Gasteiger partial charge in [-0.15, -0.1) is 12.4 Å². The fourth-order valence-electron chi connectivity index (χ4n) is 2.12. The summed E-state index contributed by atoms with van der Waals surface area (Å²) >= 11 is 0. The largest absolute Gasteiger partial charge is 0.469 e. The van der Waals surface area contributed by atoms with Gasteiger partial charge in [0.1, 0.15) is 0 Å². The van der Waals surface area contributed by atoms with Gasteiger partial charge in [-0.25, -0.2) is 0 Å². The highest BCUT2D eigenvalue weighted by Gasteiger charge is 2.34. The molecule has 3 nitrogen and oxygen atoms in total. The summed E-state index contributed by atoms with van der Waals surface area (Å²) in [5.41, 5.74) is 1.16. The zero-order valence-electron chi connectivity index (χ0n) is 9.18. The first-order valence-corrected chi connectivity index (χ1v) is 5.19. The number of benzene rings is 1. The number of hydrogen-bond donors (Lipinski definition) is 1. The molecule has 4 heteroatoms. The number of rotatable bonds is 2. The Morgan fingerprint density at radius 2 is 2.06 bits per heavy atom. The summed E-state index contributed by atoms with van der Waals surface area (Å²) in [6, 6.07) is 10.1. The molecule has 1 saturated heterocycles. The van der Waals surface area contributed by atoms with Crippen molar-refractivity contribution in [2.45, 2.75) is 12.5 Å². The van der Waals surface area contributed by atoms with Crippen LogP contribution in [-0.2, 0) is 9.53 Å². The van der Waals surface area contributed by atoms with Gasteiger partial charge in [0.05, 0.1) is 13.0 Å². The normalized spacial score (nSPS) is 23.6. The number of ether oxygens (including phenoxy) is 1. The van der Waals surface area contributed by atoms with E-state index in [0.717, 1.165) is 18.5 Å². The molecule has 1 aliphatic rings. The Morgan fingerprint density at radius 1 is 1.38 bits per heavy atom. The number of nitrogens with one attached hydrogen (secondary N) is 1. The lowest BCUT2D eigenvalue weighted by Gasteiger charge is -2.17. The van der Waals surface area contributed by atoms with Crippen LogP contribution < -0.4 is 5.32 Å². The lowest BCUT2D eigenvalue weighted by molar-refractivity contribution is -0.145. The van der Waals surface area contributed by atoms with Crippen LogP contribution in [0.3, 0.4) is 0 Å². The van der Waals surface area contributed by atoms with E-state index in [0.29, 0.717) is 0 Å². The van der Waals surface area contributed by atoms with Crippen molar-refractivity contribution in [2.24, 2.45) is 5.92 Å². The van der Waals surface area contributed by atoms with Gasteiger partial charge in [-0.05, 0) is 18.5 Å². The van der Waals surface area contributed by atoms with Crippen LogP contribution in [0.15, 0.2) is 30.3 Å². The van der Waals surface area contributed by atoms with Gasteiger partial charge < -0.3 is 10.1 Å². The number of hydrogen-bond acceptors (Lipinski definition) is 3. The molecule has 88 valence electrons. The molecule has 0 unspecified atom stereocenters. The van der Waals surface area contributed by atoms with E-state index in [1.54, 1.807) is 0 Å². The third kappa shape index (κ3) is 2.54. The fraction of sp³-hybridized carbons (Fsp3) is 0.417. The second-order valence-corrected chi connectivity index (χ2v) is 3.76. The van der Waals surface area contributed by atoms with E-state index in [1.165, 1.54) is 7.11 Å². The molecule has 0 spiro atoms. The zero-order valence-corrected chi connectivity index (χ0v) is 10.00. The van der Waals surface area contributed by atoms with Gasteiger partial charge in [0, 0.05) is 6.04 Å². The van der Waals surface area contributed by atoms with Gasteiger partial charge in [-0.1, -0.05) is 30.3 Å². The minimum atomic E-state index is -0.117. The molecular formula is C12H16ClNO2. The van der Waals surface area contributed by atoms with Gasteiger partial charge in [-0.3, -0.25) is 4.79 Å². The quantitative estimate of drug-likeness (QED) is 0.805. The molecule has 0 aromatic heterocycles. The predicted molar refractivity (Wildman–Crippen MR) is 64.6 cm³/mol. The van der Waals surface area contributed by atoms with E-state index in [1.807, 2.05) is 30.3 Å². The van der Waals surface area contributed by atoms with Crippen molar-refractivity contribution in [1.82, 2.24) is 5.32 Å². The average molecular weight is 242 g/mol. The highest BCUT2D eigenvalue weighted by molar-refractivity contribution is 5.85. The maximum Gasteiger partial charge on any atom is 0.310 e. The van der Waals surface area contributed by atoms with Gasteiger partial charge in [-0.2, -0.15) is 0 Å². The topological polar surface area (TPSA) is 38.3 Å². The molecule has 0 aliphatic carbocycles. The molecule has 0 radical (unpaired) electrons. The van der Waals surface area contributed by atoms with E-state index in [4.69, 9.17) is 4.74 Å². The molecule has 1 aromatic rings. The van der Waals surface area contributed by atoms with Crippen LogP contribution in [0.5, 0.6) is 0 Å². The third-order valence-corrected chi connectivity index (χ3v) is 2.88. The van der Waals surface area contributed by atoms with Gasteiger partial charge in [0.15, 0.2) is 0 Å². The van der Waals surface area contributed by atoms with Gasteiger partial charge in [0.25, 0.3) is 0 Å². The van der Waals surface area contributed by atoms with E-state index < -0.39 is 0 Å². The fourth-order valence-corrected chi connectivity index (χ4v) is 2.12. The molecule has 1 aromatic carbocycles. The summed E-state index contributed by atoms with van der Waals surface area (Å²) in [7, 11) is 1.45. The molecule has 2 atom stereocenters. The molecule has 16 heavy (non-hydrogen) atoms. The first-order valence-electron chi connectivity index (χ1n) is 5.19. The molecular weight excluding hydrogens is 226 g/mol. The first kappa shape index (κ1) is 13.0. The maximum atomic E-state index is 11.5. The Labute approximate surface area is 102 Å². The highest BCUT2D eigenvalue weighted by atomic mass is 35.5. The molecule has 1 aliphatic heterocycles. The molecule has 1 N–H and O–H groups in total. The van der Waals surface area contributed by atoms with Crippen molar-refractivity contribution in [3.63, 3.8) is 0 Å².